The molecule has 1 heterocycles. The Morgan fingerprint density at radius 2 is 1.89 bits per heavy atom. The minimum Gasteiger partial charge on any atom is -0.311 e. The van der Waals surface area contributed by atoms with Crippen LogP contribution in [0.15, 0.2) is 12.1 Å². The van der Waals surface area contributed by atoms with Crippen molar-refractivity contribution < 1.29 is 4.79 Å². The molecule has 1 N–H and O–H groups in total. The summed E-state index contributed by atoms with van der Waals surface area (Å²) >= 11 is 0. The van der Waals surface area contributed by atoms with Gasteiger partial charge in [-0.05, 0) is 43.5 Å². The van der Waals surface area contributed by atoms with Crippen molar-refractivity contribution in [2.75, 3.05) is 11.4 Å². The molecule has 1 fully saturated rings. The molecule has 1 amide bonds. The molecule has 1 unspecified atom stereocenters. The summed E-state index contributed by atoms with van der Waals surface area (Å²) in [5, 5.41) is 3.45. The first-order valence-electron chi connectivity index (χ1n) is 7.03. The van der Waals surface area contributed by atoms with Crippen LogP contribution in [-0.2, 0) is 4.79 Å². The summed E-state index contributed by atoms with van der Waals surface area (Å²) in [6.45, 7) is 11.4. The third kappa shape index (κ3) is 2.81. The SMILES string of the molecule is Cc1ccc(N2CC(NC(C)C)CC2=O)c(C)c1C. The molecule has 104 valence electrons. The lowest BCUT2D eigenvalue weighted by atomic mass is 10.0. The summed E-state index contributed by atoms with van der Waals surface area (Å²) in [6, 6.07) is 4.87. The standard InChI is InChI=1S/C16H24N2O/c1-10(2)17-14-8-16(19)18(9-14)15-7-6-11(3)12(4)13(15)5/h6-7,10,14,17H,8-9H2,1-5H3. The van der Waals surface area contributed by atoms with Gasteiger partial charge in [-0.15, -0.1) is 0 Å². The zero-order chi connectivity index (χ0) is 14.2. The molecule has 3 heteroatoms. The fourth-order valence-corrected chi connectivity index (χ4v) is 2.76. The molecule has 0 spiro atoms. The predicted molar refractivity (Wildman–Crippen MR) is 79.7 cm³/mol. The van der Waals surface area contributed by atoms with Gasteiger partial charge < -0.3 is 10.2 Å². The Labute approximate surface area is 116 Å². The van der Waals surface area contributed by atoms with Gasteiger partial charge in [0.15, 0.2) is 0 Å². The number of carbonyl (C=O) groups excluding carboxylic acids is 1. The first kappa shape index (κ1) is 14.1. The Morgan fingerprint density at radius 3 is 2.53 bits per heavy atom. The van der Waals surface area contributed by atoms with Crippen LogP contribution in [0.25, 0.3) is 0 Å². The highest BCUT2D eigenvalue weighted by molar-refractivity contribution is 5.97. The predicted octanol–water partition coefficient (Wildman–Crippen LogP) is 2.72. The first-order valence-corrected chi connectivity index (χ1v) is 7.03. The summed E-state index contributed by atoms with van der Waals surface area (Å²) in [4.78, 5) is 14.1. The number of nitrogens with zero attached hydrogens (tertiary/aromatic N) is 1. The number of hydrogen-bond donors (Lipinski definition) is 1. The van der Waals surface area contributed by atoms with E-state index in [-0.39, 0.29) is 11.9 Å². The van der Waals surface area contributed by atoms with Crippen LogP contribution in [0.4, 0.5) is 5.69 Å². The molecule has 0 aromatic heterocycles. The molecule has 1 aliphatic heterocycles. The van der Waals surface area contributed by atoms with Crippen LogP contribution < -0.4 is 10.2 Å². The van der Waals surface area contributed by atoms with Gasteiger partial charge in [0, 0.05) is 30.7 Å². The Bertz CT molecular complexity index is 494. The lowest BCUT2D eigenvalue weighted by molar-refractivity contribution is -0.117. The van der Waals surface area contributed by atoms with Crippen molar-refractivity contribution in [3.05, 3.63) is 28.8 Å². The van der Waals surface area contributed by atoms with Gasteiger partial charge in [-0.2, -0.15) is 0 Å². The van der Waals surface area contributed by atoms with Crippen LogP contribution in [0, 0.1) is 20.8 Å². The van der Waals surface area contributed by atoms with Crippen molar-refractivity contribution in [3.8, 4) is 0 Å². The third-order valence-corrected chi connectivity index (χ3v) is 4.01. The minimum atomic E-state index is 0.226. The molecule has 0 bridgehead atoms. The monoisotopic (exact) mass is 260 g/mol. The molecule has 0 saturated carbocycles. The van der Waals surface area contributed by atoms with E-state index in [0.29, 0.717) is 12.5 Å². The molecular weight excluding hydrogens is 236 g/mol. The van der Waals surface area contributed by atoms with Gasteiger partial charge in [0.2, 0.25) is 5.91 Å². The van der Waals surface area contributed by atoms with Crippen molar-refractivity contribution in [2.45, 2.75) is 53.1 Å². The normalized spacial score (nSPS) is 19.6. The van der Waals surface area contributed by atoms with Crippen molar-refractivity contribution in [3.63, 3.8) is 0 Å². The van der Waals surface area contributed by atoms with E-state index >= 15 is 0 Å². The van der Waals surface area contributed by atoms with E-state index in [1.807, 2.05) is 4.90 Å². The number of aryl methyl sites for hydroxylation is 1. The highest BCUT2D eigenvalue weighted by Gasteiger charge is 2.31. The number of nitrogens with one attached hydrogen (secondary N) is 1. The molecule has 1 aliphatic rings. The van der Waals surface area contributed by atoms with E-state index in [9.17, 15) is 4.79 Å². The van der Waals surface area contributed by atoms with E-state index in [1.54, 1.807) is 0 Å². The van der Waals surface area contributed by atoms with Gasteiger partial charge in [0.25, 0.3) is 0 Å². The largest absolute Gasteiger partial charge is 0.311 e. The Morgan fingerprint density at radius 1 is 1.21 bits per heavy atom. The maximum atomic E-state index is 12.2. The topological polar surface area (TPSA) is 32.3 Å². The highest BCUT2D eigenvalue weighted by Crippen LogP contribution is 2.28. The molecule has 0 radical (unpaired) electrons. The molecular formula is C16H24N2O. The zero-order valence-corrected chi connectivity index (χ0v) is 12.6. The smallest absolute Gasteiger partial charge is 0.228 e. The maximum Gasteiger partial charge on any atom is 0.228 e. The number of rotatable bonds is 3. The first-order chi connectivity index (χ1) is 8.90. The Hall–Kier alpha value is -1.35. The molecule has 1 atom stereocenters. The van der Waals surface area contributed by atoms with Crippen LogP contribution in [0.1, 0.15) is 37.0 Å². The molecule has 1 aromatic rings. The van der Waals surface area contributed by atoms with Gasteiger partial charge >= 0.3 is 0 Å². The van der Waals surface area contributed by atoms with Gasteiger partial charge in [-0.3, -0.25) is 4.79 Å². The van der Waals surface area contributed by atoms with E-state index in [0.717, 1.165) is 12.2 Å². The quantitative estimate of drug-likeness (QED) is 0.906. The number of anilines is 1. The van der Waals surface area contributed by atoms with Gasteiger partial charge in [0.05, 0.1) is 0 Å². The van der Waals surface area contributed by atoms with Crippen molar-refractivity contribution >= 4 is 11.6 Å². The van der Waals surface area contributed by atoms with E-state index < -0.39 is 0 Å². The van der Waals surface area contributed by atoms with Crippen molar-refractivity contribution in [1.82, 2.24) is 5.32 Å². The molecule has 19 heavy (non-hydrogen) atoms. The average molecular weight is 260 g/mol. The number of carbonyl (C=O) groups is 1. The van der Waals surface area contributed by atoms with Crippen LogP contribution in [0.2, 0.25) is 0 Å². The van der Waals surface area contributed by atoms with Crippen LogP contribution in [-0.4, -0.2) is 24.5 Å². The second-order valence-corrected chi connectivity index (χ2v) is 5.88. The fourth-order valence-electron chi connectivity index (χ4n) is 2.76. The van der Waals surface area contributed by atoms with E-state index in [4.69, 9.17) is 0 Å². The molecule has 1 aromatic carbocycles. The lowest BCUT2D eigenvalue weighted by Crippen LogP contribution is -2.37. The molecule has 3 nitrogen and oxygen atoms in total. The third-order valence-electron chi connectivity index (χ3n) is 4.01. The fraction of sp³-hybridized carbons (Fsp3) is 0.562. The average Bonchev–Trinajstić information content (AvgIpc) is 2.66. The summed E-state index contributed by atoms with van der Waals surface area (Å²) in [6.07, 6.45) is 0.602. The van der Waals surface area contributed by atoms with Crippen LogP contribution >= 0.6 is 0 Å². The molecule has 1 saturated heterocycles. The number of benzene rings is 1. The summed E-state index contributed by atoms with van der Waals surface area (Å²) < 4.78 is 0. The Kier molecular flexibility index (Phi) is 3.95. The lowest BCUT2D eigenvalue weighted by Gasteiger charge is -2.22. The summed E-state index contributed by atoms with van der Waals surface area (Å²) in [5.41, 5.74) is 4.86. The van der Waals surface area contributed by atoms with Gasteiger partial charge in [-0.25, -0.2) is 0 Å². The maximum absolute atomic E-state index is 12.2. The number of hydrogen-bond acceptors (Lipinski definition) is 2. The van der Waals surface area contributed by atoms with Gasteiger partial charge in [-0.1, -0.05) is 19.9 Å². The molecule has 0 aliphatic carbocycles. The highest BCUT2D eigenvalue weighted by atomic mass is 16.2. The zero-order valence-electron chi connectivity index (χ0n) is 12.6. The Balaban J connectivity index is 2.23. The van der Waals surface area contributed by atoms with E-state index in [1.165, 1.54) is 16.7 Å². The van der Waals surface area contributed by atoms with Crippen molar-refractivity contribution in [2.24, 2.45) is 0 Å². The van der Waals surface area contributed by atoms with Crippen LogP contribution in [0.3, 0.4) is 0 Å². The minimum absolute atomic E-state index is 0.226. The van der Waals surface area contributed by atoms with E-state index in [2.05, 4.69) is 52.1 Å². The molecule has 2 rings (SSSR count). The van der Waals surface area contributed by atoms with Crippen LogP contribution in [0.5, 0.6) is 0 Å². The van der Waals surface area contributed by atoms with Gasteiger partial charge in [0.1, 0.15) is 0 Å². The second kappa shape index (κ2) is 5.33. The summed E-state index contributed by atoms with van der Waals surface area (Å²) in [7, 11) is 0. The summed E-state index contributed by atoms with van der Waals surface area (Å²) in [5.74, 6) is 0.226. The second-order valence-electron chi connectivity index (χ2n) is 5.88. The van der Waals surface area contributed by atoms with Crippen molar-refractivity contribution in [1.29, 1.82) is 0 Å². The number of amides is 1.